The van der Waals surface area contributed by atoms with Crippen molar-refractivity contribution in [3.05, 3.63) is 12.7 Å². The van der Waals surface area contributed by atoms with Crippen molar-refractivity contribution in [2.75, 3.05) is 19.7 Å². The Morgan fingerprint density at radius 2 is 2.57 bits per heavy atom. The summed E-state index contributed by atoms with van der Waals surface area (Å²) in [6.07, 6.45) is 6.10. The first-order valence-corrected chi connectivity index (χ1v) is 5.10. The van der Waals surface area contributed by atoms with Gasteiger partial charge >= 0.3 is 0 Å². The van der Waals surface area contributed by atoms with Gasteiger partial charge in [0.05, 0.1) is 12.6 Å². The van der Waals surface area contributed by atoms with Crippen molar-refractivity contribution in [2.45, 2.75) is 25.5 Å². The second-order valence-electron chi connectivity index (χ2n) is 3.50. The third kappa shape index (κ3) is 2.78. The lowest BCUT2D eigenvalue weighted by Crippen LogP contribution is -2.29. The maximum atomic E-state index is 5.49. The van der Waals surface area contributed by atoms with Gasteiger partial charge < -0.3 is 10.1 Å². The van der Waals surface area contributed by atoms with Gasteiger partial charge in [-0.15, -0.1) is 0 Å². The Kier molecular flexibility index (Phi) is 3.48. The van der Waals surface area contributed by atoms with Crippen molar-refractivity contribution >= 4 is 0 Å². The molecule has 14 heavy (non-hydrogen) atoms. The first kappa shape index (κ1) is 9.61. The molecule has 0 spiro atoms. The Morgan fingerprint density at radius 3 is 3.29 bits per heavy atom. The molecule has 1 unspecified atom stereocenters. The van der Waals surface area contributed by atoms with Gasteiger partial charge in [0.25, 0.3) is 0 Å². The largest absolute Gasteiger partial charge is 0.377 e. The van der Waals surface area contributed by atoms with Crippen LogP contribution in [-0.2, 0) is 11.3 Å². The molecule has 0 aromatic carbocycles. The van der Waals surface area contributed by atoms with Crippen LogP contribution in [0.15, 0.2) is 12.7 Å². The Bertz CT molecular complexity index is 243. The van der Waals surface area contributed by atoms with Crippen molar-refractivity contribution in [3.8, 4) is 0 Å². The van der Waals surface area contributed by atoms with E-state index in [1.165, 1.54) is 12.8 Å². The lowest BCUT2D eigenvalue weighted by Gasteiger charge is -2.10. The lowest BCUT2D eigenvalue weighted by molar-refractivity contribution is 0.110. The van der Waals surface area contributed by atoms with Gasteiger partial charge in [-0.3, -0.25) is 4.68 Å². The fraction of sp³-hybridized carbons (Fsp3) is 0.778. The highest BCUT2D eigenvalue weighted by atomic mass is 16.5. The monoisotopic (exact) mass is 196 g/mol. The van der Waals surface area contributed by atoms with Gasteiger partial charge in [0, 0.05) is 19.7 Å². The summed E-state index contributed by atoms with van der Waals surface area (Å²) in [7, 11) is 0. The van der Waals surface area contributed by atoms with E-state index in [0.29, 0.717) is 6.10 Å². The number of hydrogen-bond donors (Lipinski definition) is 1. The molecule has 1 N–H and O–H groups in total. The summed E-state index contributed by atoms with van der Waals surface area (Å²) in [4.78, 5) is 3.88. The van der Waals surface area contributed by atoms with E-state index < -0.39 is 0 Å². The molecule has 5 heteroatoms. The zero-order chi connectivity index (χ0) is 9.64. The fourth-order valence-corrected chi connectivity index (χ4v) is 1.61. The van der Waals surface area contributed by atoms with E-state index in [9.17, 15) is 0 Å². The van der Waals surface area contributed by atoms with Crippen LogP contribution in [0.25, 0.3) is 0 Å². The van der Waals surface area contributed by atoms with Gasteiger partial charge in [0.15, 0.2) is 0 Å². The summed E-state index contributed by atoms with van der Waals surface area (Å²) in [6.45, 7) is 3.67. The van der Waals surface area contributed by atoms with E-state index in [0.717, 1.165) is 26.2 Å². The van der Waals surface area contributed by atoms with Gasteiger partial charge in [0.1, 0.15) is 12.7 Å². The van der Waals surface area contributed by atoms with Gasteiger partial charge in [0.2, 0.25) is 0 Å². The summed E-state index contributed by atoms with van der Waals surface area (Å²) >= 11 is 0. The first-order chi connectivity index (χ1) is 6.95. The minimum atomic E-state index is 0.422. The molecule has 78 valence electrons. The number of nitrogens with one attached hydrogen (secondary N) is 1. The summed E-state index contributed by atoms with van der Waals surface area (Å²) < 4.78 is 7.31. The molecule has 1 aromatic rings. The molecular weight excluding hydrogens is 180 g/mol. The third-order valence-electron chi connectivity index (χ3n) is 2.38. The molecular formula is C9H16N4O. The van der Waals surface area contributed by atoms with Gasteiger partial charge in [-0.25, -0.2) is 4.98 Å². The van der Waals surface area contributed by atoms with Gasteiger partial charge in [-0.05, 0) is 12.8 Å². The van der Waals surface area contributed by atoms with Crippen LogP contribution in [-0.4, -0.2) is 40.6 Å². The second-order valence-corrected chi connectivity index (χ2v) is 3.50. The molecule has 1 atom stereocenters. The Hall–Kier alpha value is -0.940. The maximum Gasteiger partial charge on any atom is 0.137 e. The van der Waals surface area contributed by atoms with Crippen LogP contribution in [0.3, 0.4) is 0 Å². The Morgan fingerprint density at radius 1 is 1.57 bits per heavy atom. The molecule has 1 fully saturated rings. The molecule has 1 aliphatic rings. The molecule has 5 nitrogen and oxygen atoms in total. The van der Waals surface area contributed by atoms with Crippen molar-refractivity contribution in [1.82, 2.24) is 20.1 Å². The standard InChI is InChI=1S/C9H16N4O/c1-2-9(14-5-1)6-10-3-4-13-8-11-7-12-13/h7-10H,1-6H2. The first-order valence-electron chi connectivity index (χ1n) is 5.10. The summed E-state index contributed by atoms with van der Waals surface area (Å²) in [5, 5.41) is 7.37. The average Bonchev–Trinajstić information content (AvgIpc) is 2.86. The predicted octanol–water partition coefficient (Wildman–Crippen LogP) is 0.0467. The molecule has 0 amide bonds. The second kappa shape index (κ2) is 5.07. The lowest BCUT2D eigenvalue weighted by atomic mass is 10.2. The topological polar surface area (TPSA) is 52.0 Å². The van der Waals surface area contributed by atoms with E-state index in [1.807, 2.05) is 4.68 Å². The summed E-state index contributed by atoms with van der Waals surface area (Å²) in [6, 6.07) is 0. The van der Waals surface area contributed by atoms with Crippen LogP contribution in [0, 0.1) is 0 Å². The molecule has 0 aliphatic carbocycles. The van der Waals surface area contributed by atoms with E-state index >= 15 is 0 Å². The molecule has 0 bridgehead atoms. The highest BCUT2D eigenvalue weighted by Crippen LogP contribution is 2.10. The molecule has 1 aromatic heterocycles. The molecule has 1 aliphatic heterocycles. The Labute approximate surface area is 83.5 Å². The van der Waals surface area contributed by atoms with Crippen molar-refractivity contribution in [1.29, 1.82) is 0 Å². The minimum Gasteiger partial charge on any atom is -0.377 e. The minimum absolute atomic E-state index is 0.422. The molecule has 1 saturated heterocycles. The summed E-state index contributed by atoms with van der Waals surface area (Å²) in [5.41, 5.74) is 0. The molecule has 0 saturated carbocycles. The number of aromatic nitrogens is 3. The quantitative estimate of drug-likeness (QED) is 0.676. The van der Waals surface area contributed by atoms with E-state index in [1.54, 1.807) is 12.7 Å². The number of nitrogens with zero attached hydrogens (tertiary/aromatic N) is 3. The average molecular weight is 196 g/mol. The van der Waals surface area contributed by atoms with E-state index in [4.69, 9.17) is 4.74 Å². The van der Waals surface area contributed by atoms with Crippen LogP contribution in [0.2, 0.25) is 0 Å². The van der Waals surface area contributed by atoms with Crippen molar-refractivity contribution < 1.29 is 4.74 Å². The van der Waals surface area contributed by atoms with Gasteiger partial charge in [-0.1, -0.05) is 0 Å². The van der Waals surface area contributed by atoms with Crippen molar-refractivity contribution in [2.24, 2.45) is 0 Å². The van der Waals surface area contributed by atoms with Crippen LogP contribution >= 0.6 is 0 Å². The highest BCUT2D eigenvalue weighted by molar-refractivity contribution is 4.67. The SMILES string of the molecule is c1ncn(CCNCC2CCCO2)n1. The fourth-order valence-electron chi connectivity index (χ4n) is 1.61. The van der Waals surface area contributed by atoms with Crippen LogP contribution in [0.1, 0.15) is 12.8 Å². The summed E-state index contributed by atoms with van der Waals surface area (Å²) in [5.74, 6) is 0. The Balaban J connectivity index is 1.55. The zero-order valence-electron chi connectivity index (χ0n) is 8.22. The number of rotatable bonds is 5. The maximum absolute atomic E-state index is 5.49. The zero-order valence-corrected chi connectivity index (χ0v) is 8.22. The van der Waals surface area contributed by atoms with E-state index in [-0.39, 0.29) is 0 Å². The molecule has 0 radical (unpaired) electrons. The van der Waals surface area contributed by atoms with E-state index in [2.05, 4.69) is 15.4 Å². The normalized spacial score (nSPS) is 21.6. The predicted molar refractivity (Wildman–Crippen MR) is 51.9 cm³/mol. The molecule has 2 rings (SSSR count). The molecule has 2 heterocycles. The third-order valence-corrected chi connectivity index (χ3v) is 2.38. The van der Waals surface area contributed by atoms with Crippen LogP contribution < -0.4 is 5.32 Å². The van der Waals surface area contributed by atoms with Crippen LogP contribution in [0.4, 0.5) is 0 Å². The van der Waals surface area contributed by atoms with Crippen LogP contribution in [0.5, 0.6) is 0 Å². The number of ether oxygens (including phenoxy) is 1. The van der Waals surface area contributed by atoms with Gasteiger partial charge in [-0.2, -0.15) is 5.10 Å². The van der Waals surface area contributed by atoms with Crippen molar-refractivity contribution in [3.63, 3.8) is 0 Å². The number of hydrogen-bond acceptors (Lipinski definition) is 4. The smallest absolute Gasteiger partial charge is 0.137 e. The highest BCUT2D eigenvalue weighted by Gasteiger charge is 2.13.